The van der Waals surface area contributed by atoms with Gasteiger partial charge in [-0.3, -0.25) is 14.5 Å². The van der Waals surface area contributed by atoms with Crippen LogP contribution >= 0.6 is 11.6 Å². The van der Waals surface area contributed by atoms with E-state index in [1.807, 2.05) is 0 Å². The molecule has 0 radical (unpaired) electrons. The fourth-order valence-electron chi connectivity index (χ4n) is 2.49. The van der Waals surface area contributed by atoms with Gasteiger partial charge in [0.2, 0.25) is 11.8 Å². The van der Waals surface area contributed by atoms with Crippen molar-refractivity contribution in [1.82, 2.24) is 0 Å². The van der Waals surface area contributed by atoms with E-state index < -0.39 is 5.91 Å². The maximum atomic E-state index is 12.6. The van der Waals surface area contributed by atoms with E-state index in [0.717, 1.165) is 0 Å². The van der Waals surface area contributed by atoms with Crippen LogP contribution in [0.2, 0.25) is 5.02 Å². The average Bonchev–Trinajstić information content (AvgIpc) is 2.65. The van der Waals surface area contributed by atoms with E-state index in [1.54, 1.807) is 36.4 Å². The van der Waals surface area contributed by atoms with Gasteiger partial charge in [0.15, 0.2) is 0 Å². The summed E-state index contributed by atoms with van der Waals surface area (Å²) in [6.45, 7) is 1.13. The van der Waals surface area contributed by atoms with Gasteiger partial charge in [0.25, 0.3) is 0 Å². The summed E-state index contributed by atoms with van der Waals surface area (Å²) in [7, 11) is 4.50. The number of nitrogens with zero attached hydrogens (tertiary/aromatic N) is 1. The smallest absolute Gasteiger partial charge is 0.244 e. The van der Waals surface area contributed by atoms with Crippen LogP contribution in [-0.4, -0.2) is 39.7 Å². The Morgan fingerprint density at radius 3 is 2.26 bits per heavy atom. The number of anilines is 2. The molecule has 0 aliphatic heterocycles. The number of rotatable bonds is 7. The van der Waals surface area contributed by atoms with Crippen LogP contribution in [0.4, 0.5) is 11.4 Å². The molecule has 0 saturated heterocycles. The molecule has 144 valence electrons. The maximum Gasteiger partial charge on any atom is 0.244 e. The predicted molar refractivity (Wildman–Crippen MR) is 104 cm³/mol. The number of amides is 2. The molecule has 2 aromatic rings. The van der Waals surface area contributed by atoms with E-state index in [1.165, 1.54) is 33.2 Å². The van der Waals surface area contributed by atoms with E-state index in [4.69, 9.17) is 25.8 Å². The van der Waals surface area contributed by atoms with Gasteiger partial charge in [-0.1, -0.05) is 11.6 Å². The van der Waals surface area contributed by atoms with Crippen LogP contribution in [0, 0.1) is 0 Å². The second-order valence-corrected chi connectivity index (χ2v) is 5.97. The van der Waals surface area contributed by atoms with Gasteiger partial charge in [-0.05, 0) is 30.3 Å². The molecule has 2 aromatic carbocycles. The highest BCUT2D eigenvalue weighted by atomic mass is 35.5. The fourth-order valence-corrected chi connectivity index (χ4v) is 2.65. The number of hydrogen-bond donors (Lipinski definition) is 1. The zero-order valence-corrected chi connectivity index (χ0v) is 16.3. The molecular weight excluding hydrogens is 372 g/mol. The molecule has 0 spiro atoms. The molecule has 0 saturated carbocycles. The first-order valence-electron chi connectivity index (χ1n) is 8.03. The second-order valence-electron chi connectivity index (χ2n) is 5.54. The van der Waals surface area contributed by atoms with Crippen molar-refractivity contribution < 1.29 is 23.8 Å². The molecule has 2 rings (SSSR count). The minimum atomic E-state index is -0.418. The molecule has 0 atom stereocenters. The molecule has 8 heteroatoms. The Balaban J connectivity index is 2.27. The number of nitrogens with one attached hydrogen (secondary N) is 1. The normalized spacial score (nSPS) is 10.1. The SMILES string of the molecule is COc1ccc(OC)c(NC(=O)CN(C(C)=O)c2cc(Cl)ccc2OC)c1. The molecule has 0 aliphatic carbocycles. The maximum absolute atomic E-state index is 12.6. The van der Waals surface area contributed by atoms with Crippen LogP contribution in [0.5, 0.6) is 17.2 Å². The molecule has 2 amide bonds. The van der Waals surface area contributed by atoms with Crippen molar-refractivity contribution in [1.29, 1.82) is 0 Å². The van der Waals surface area contributed by atoms with Crippen molar-refractivity contribution in [3.05, 3.63) is 41.4 Å². The Hall–Kier alpha value is -2.93. The largest absolute Gasteiger partial charge is 0.497 e. The number of ether oxygens (including phenoxy) is 3. The lowest BCUT2D eigenvalue weighted by molar-refractivity contribution is -0.120. The van der Waals surface area contributed by atoms with Gasteiger partial charge in [0, 0.05) is 18.0 Å². The molecule has 27 heavy (non-hydrogen) atoms. The van der Waals surface area contributed by atoms with E-state index in [-0.39, 0.29) is 12.5 Å². The van der Waals surface area contributed by atoms with E-state index >= 15 is 0 Å². The van der Waals surface area contributed by atoms with Crippen LogP contribution in [0.3, 0.4) is 0 Å². The molecule has 0 heterocycles. The molecule has 0 unspecified atom stereocenters. The van der Waals surface area contributed by atoms with Crippen molar-refractivity contribution in [2.75, 3.05) is 38.1 Å². The Labute approximate surface area is 162 Å². The Bertz CT molecular complexity index is 841. The third kappa shape index (κ3) is 5.04. The summed E-state index contributed by atoms with van der Waals surface area (Å²) in [6.07, 6.45) is 0. The van der Waals surface area contributed by atoms with E-state index in [2.05, 4.69) is 5.32 Å². The Kier molecular flexibility index (Phi) is 6.90. The Morgan fingerprint density at radius 2 is 1.67 bits per heavy atom. The van der Waals surface area contributed by atoms with Gasteiger partial charge >= 0.3 is 0 Å². The van der Waals surface area contributed by atoms with Gasteiger partial charge in [-0.25, -0.2) is 0 Å². The van der Waals surface area contributed by atoms with Gasteiger partial charge in [-0.2, -0.15) is 0 Å². The highest BCUT2D eigenvalue weighted by Gasteiger charge is 2.21. The summed E-state index contributed by atoms with van der Waals surface area (Å²) in [4.78, 5) is 26.0. The molecule has 7 nitrogen and oxygen atoms in total. The standard InChI is InChI=1S/C19H21ClN2O5/c1-12(23)22(16-9-13(20)5-7-18(16)27-4)11-19(24)21-15-10-14(25-2)6-8-17(15)26-3/h5-10H,11H2,1-4H3,(H,21,24). The number of carbonyl (C=O) groups is 2. The fraction of sp³-hybridized carbons (Fsp3) is 0.263. The first-order valence-corrected chi connectivity index (χ1v) is 8.41. The van der Waals surface area contributed by atoms with Crippen LogP contribution in [0.1, 0.15) is 6.92 Å². The first kappa shape index (κ1) is 20.4. The minimum Gasteiger partial charge on any atom is -0.497 e. The predicted octanol–water partition coefficient (Wildman–Crippen LogP) is 3.36. The number of hydrogen-bond acceptors (Lipinski definition) is 5. The third-order valence-corrected chi connectivity index (χ3v) is 4.03. The zero-order chi connectivity index (χ0) is 20.0. The monoisotopic (exact) mass is 392 g/mol. The van der Waals surface area contributed by atoms with Crippen LogP contribution in [0.15, 0.2) is 36.4 Å². The summed E-state index contributed by atoms with van der Waals surface area (Å²) in [5, 5.41) is 3.15. The van der Waals surface area contributed by atoms with Crippen LogP contribution in [0.25, 0.3) is 0 Å². The first-order chi connectivity index (χ1) is 12.9. The Morgan fingerprint density at radius 1 is 1.00 bits per heavy atom. The molecule has 0 aliphatic rings. The number of benzene rings is 2. The summed E-state index contributed by atoms with van der Waals surface area (Å²) < 4.78 is 15.7. The third-order valence-electron chi connectivity index (χ3n) is 3.79. The zero-order valence-electron chi connectivity index (χ0n) is 15.5. The highest BCUT2D eigenvalue weighted by Crippen LogP contribution is 2.32. The summed E-state index contributed by atoms with van der Waals surface area (Å²) in [5.74, 6) is 0.716. The van der Waals surface area contributed by atoms with Crippen LogP contribution in [-0.2, 0) is 9.59 Å². The minimum absolute atomic E-state index is 0.230. The molecule has 0 bridgehead atoms. The second kappa shape index (κ2) is 9.14. The molecule has 0 fully saturated rings. The number of carbonyl (C=O) groups excluding carboxylic acids is 2. The van der Waals surface area contributed by atoms with E-state index in [9.17, 15) is 9.59 Å². The van der Waals surface area contributed by atoms with Crippen molar-refractivity contribution in [3.63, 3.8) is 0 Å². The van der Waals surface area contributed by atoms with Crippen LogP contribution < -0.4 is 24.4 Å². The molecule has 1 N–H and O–H groups in total. The number of halogens is 1. The van der Waals surface area contributed by atoms with Crippen molar-refractivity contribution >= 4 is 34.8 Å². The lowest BCUT2D eigenvalue weighted by Gasteiger charge is -2.23. The van der Waals surface area contributed by atoms with Crippen molar-refractivity contribution in [2.24, 2.45) is 0 Å². The summed E-state index contributed by atoms with van der Waals surface area (Å²) in [6, 6.07) is 9.88. The van der Waals surface area contributed by atoms with Gasteiger partial charge in [0.05, 0.1) is 32.7 Å². The lowest BCUT2D eigenvalue weighted by Crippen LogP contribution is -2.37. The molecular formula is C19H21ClN2O5. The molecule has 0 aromatic heterocycles. The van der Waals surface area contributed by atoms with Gasteiger partial charge in [-0.15, -0.1) is 0 Å². The van der Waals surface area contributed by atoms with E-state index in [0.29, 0.717) is 33.6 Å². The summed E-state index contributed by atoms with van der Waals surface area (Å²) in [5.41, 5.74) is 0.841. The van der Waals surface area contributed by atoms with Crippen molar-refractivity contribution in [3.8, 4) is 17.2 Å². The van der Waals surface area contributed by atoms with Gasteiger partial charge in [0.1, 0.15) is 23.8 Å². The van der Waals surface area contributed by atoms with Crippen molar-refractivity contribution in [2.45, 2.75) is 6.92 Å². The number of methoxy groups -OCH3 is 3. The highest BCUT2D eigenvalue weighted by molar-refractivity contribution is 6.31. The average molecular weight is 393 g/mol. The lowest BCUT2D eigenvalue weighted by atomic mass is 10.2. The topological polar surface area (TPSA) is 77.1 Å². The summed E-state index contributed by atoms with van der Waals surface area (Å²) >= 11 is 6.04. The quantitative estimate of drug-likeness (QED) is 0.781. The van der Waals surface area contributed by atoms with Gasteiger partial charge < -0.3 is 19.5 Å².